The molecule has 0 unspecified atom stereocenters. The van der Waals surface area contributed by atoms with Crippen molar-refractivity contribution >= 4 is 11.9 Å². The van der Waals surface area contributed by atoms with Gasteiger partial charge in [-0.15, -0.1) is 0 Å². The van der Waals surface area contributed by atoms with Gasteiger partial charge in [0, 0.05) is 30.6 Å². The highest BCUT2D eigenvalue weighted by Gasteiger charge is 2.40. The van der Waals surface area contributed by atoms with Crippen molar-refractivity contribution in [1.29, 1.82) is 0 Å². The second-order valence-electron chi connectivity index (χ2n) is 12.4. The van der Waals surface area contributed by atoms with Crippen LogP contribution in [0.25, 0.3) is 11.1 Å². The third-order valence-corrected chi connectivity index (χ3v) is 9.04. The van der Waals surface area contributed by atoms with Crippen LogP contribution in [-0.4, -0.2) is 55.9 Å². The van der Waals surface area contributed by atoms with Gasteiger partial charge in [-0.2, -0.15) is 31.4 Å². The van der Waals surface area contributed by atoms with Gasteiger partial charge in [-0.3, -0.25) is 23.6 Å². The number of carboxylic acid groups (broad SMARTS) is 1. The molecule has 6 rings (SSSR count). The molecule has 0 saturated carbocycles. The lowest BCUT2D eigenvalue weighted by molar-refractivity contribution is -0.140. The number of halogens is 7. The number of likely N-dealkylation sites (tertiary alicyclic amines) is 1. The van der Waals surface area contributed by atoms with Gasteiger partial charge in [0.05, 0.1) is 35.8 Å². The molecule has 16 heteroatoms. The summed E-state index contributed by atoms with van der Waals surface area (Å²) in [5.41, 5.74) is -4.19. The highest BCUT2D eigenvalue weighted by Crippen LogP contribution is 2.40. The summed E-state index contributed by atoms with van der Waals surface area (Å²) in [5.74, 6) is -4.62. The molecule has 0 radical (unpaired) electrons. The number of pyridine rings is 1. The molecule has 264 valence electrons. The van der Waals surface area contributed by atoms with Crippen molar-refractivity contribution in [3.63, 3.8) is 0 Å². The fourth-order valence-corrected chi connectivity index (χ4v) is 6.52. The number of nitrogens with zero attached hydrogens (tertiary/aromatic N) is 4. The fraction of sp³-hybridized carbons (Fsp3) is 0.353. The largest absolute Gasteiger partial charge is 0.481 e. The summed E-state index contributed by atoms with van der Waals surface area (Å²) in [5, 5.41) is 16.5. The van der Waals surface area contributed by atoms with Crippen LogP contribution in [0.1, 0.15) is 64.0 Å². The molecule has 2 aromatic carbocycles. The number of alkyl halides is 6. The molecule has 1 fully saturated rings. The molecule has 4 bridgehead atoms. The zero-order valence-electron chi connectivity index (χ0n) is 26.4. The normalized spacial score (nSPS) is 18.3. The Morgan fingerprint density at radius 2 is 1.74 bits per heavy atom. The molecule has 9 nitrogen and oxygen atoms in total. The highest BCUT2D eigenvalue weighted by molar-refractivity contribution is 5.84. The first-order valence-electron chi connectivity index (χ1n) is 15.6. The molecule has 50 heavy (non-hydrogen) atoms. The van der Waals surface area contributed by atoms with Crippen molar-refractivity contribution < 1.29 is 45.4 Å². The van der Waals surface area contributed by atoms with Crippen LogP contribution in [0.4, 0.5) is 30.7 Å². The number of hydrogen-bond acceptors (Lipinski definition) is 5. The number of nitrogens with one attached hydrogen (secondary N) is 1. The van der Waals surface area contributed by atoms with E-state index in [1.54, 1.807) is 25.1 Å². The van der Waals surface area contributed by atoms with Crippen molar-refractivity contribution in [2.45, 2.75) is 57.2 Å². The quantitative estimate of drug-likeness (QED) is 0.248. The second-order valence-corrected chi connectivity index (χ2v) is 12.4. The average Bonchev–Trinajstić information content (AvgIpc) is 3.44. The van der Waals surface area contributed by atoms with Gasteiger partial charge in [0.25, 0.3) is 5.56 Å². The summed E-state index contributed by atoms with van der Waals surface area (Å²) in [6.45, 7) is 3.17. The third-order valence-electron chi connectivity index (χ3n) is 9.04. The van der Waals surface area contributed by atoms with Gasteiger partial charge in [-0.25, -0.2) is 4.39 Å². The monoisotopic (exact) mass is 705 g/mol. The van der Waals surface area contributed by atoms with Crippen LogP contribution in [0.3, 0.4) is 0 Å². The van der Waals surface area contributed by atoms with Crippen LogP contribution >= 0.6 is 0 Å². The lowest BCUT2D eigenvalue weighted by atomic mass is 9.89. The molecule has 2 aliphatic heterocycles. The molecular weight excluding hydrogens is 675 g/mol. The molecule has 2 aliphatic rings. The first-order valence-corrected chi connectivity index (χ1v) is 15.6. The maximum atomic E-state index is 15.9. The Kier molecular flexibility index (Phi) is 9.09. The smallest absolute Gasteiger partial charge is 0.419 e. The van der Waals surface area contributed by atoms with E-state index in [1.807, 2.05) is 4.90 Å². The minimum Gasteiger partial charge on any atom is -0.481 e. The summed E-state index contributed by atoms with van der Waals surface area (Å²) < 4.78 is 103. The van der Waals surface area contributed by atoms with E-state index in [9.17, 15) is 45.8 Å². The molecule has 0 spiro atoms. The van der Waals surface area contributed by atoms with Gasteiger partial charge >= 0.3 is 18.3 Å². The summed E-state index contributed by atoms with van der Waals surface area (Å²) >= 11 is 0. The highest BCUT2D eigenvalue weighted by atomic mass is 19.4. The Morgan fingerprint density at radius 3 is 2.38 bits per heavy atom. The van der Waals surface area contributed by atoms with Gasteiger partial charge in [-0.05, 0) is 78.9 Å². The van der Waals surface area contributed by atoms with Crippen molar-refractivity contribution in [1.82, 2.24) is 24.6 Å². The lowest BCUT2D eigenvalue weighted by Gasteiger charge is -2.31. The number of rotatable bonds is 6. The Bertz CT molecular complexity index is 2030. The molecule has 2 atom stereocenters. The van der Waals surface area contributed by atoms with Crippen LogP contribution < -0.4 is 10.9 Å². The number of carbonyl (C=O) groups excluding carboxylic acids is 1. The predicted octanol–water partition coefficient (Wildman–Crippen LogP) is 5.73. The topological polar surface area (TPSA) is 109 Å². The number of aryl methyl sites for hydroxylation is 1. The second kappa shape index (κ2) is 13.0. The van der Waals surface area contributed by atoms with Gasteiger partial charge in [0.1, 0.15) is 5.82 Å². The van der Waals surface area contributed by atoms with E-state index in [-0.39, 0.29) is 36.3 Å². The summed E-state index contributed by atoms with van der Waals surface area (Å²) in [7, 11) is 0. The molecule has 0 aliphatic carbocycles. The third kappa shape index (κ3) is 6.88. The van der Waals surface area contributed by atoms with Crippen LogP contribution in [-0.2, 0) is 34.9 Å². The number of aromatic nitrogens is 3. The van der Waals surface area contributed by atoms with Crippen LogP contribution in [0.2, 0.25) is 0 Å². The van der Waals surface area contributed by atoms with Gasteiger partial charge < -0.3 is 15.3 Å². The van der Waals surface area contributed by atoms with E-state index in [4.69, 9.17) is 0 Å². The number of benzene rings is 2. The lowest BCUT2D eigenvalue weighted by Crippen LogP contribution is -2.41. The Hall–Kier alpha value is -4.99. The molecule has 4 aromatic rings. The minimum absolute atomic E-state index is 0.0685. The molecule has 2 N–H and O–H groups in total. The molecule has 1 saturated heterocycles. The Balaban J connectivity index is 1.58. The number of fused-ring (bicyclic) bond motifs is 6. The van der Waals surface area contributed by atoms with Crippen molar-refractivity contribution in [3.05, 3.63) is 110 Å². The van der Waals surface area contributed by atoms with Crippen LogP contribution in [0.5, 0.6) is 0 Å². The van der Waals surface area contributed by atoms with Crippen molar-refractivity contribution in [2.75, 3.05) is 19.6 Å². The number of carboxylic acids is 1. The van der Waals surface area contributed by atoms with Crippen molar-refractivity contribution in [3.8, 4) is 11.1 Å². The van der Waals surface area contributed by atoms with Crippen LogP contribution in [0.15, 0.2) is 59.7 Å². The summed E-state index contributed by atoms with van der Waals surface area (Å²) in [6.07, 6.45) is -8.12. The van der Waals surface area contributed by atoms with E-state index in [0.717, 1.165) is 23.3 Å². The molecule has 4 heterocycles. The SMILES string of the molecule is Cc1cccc2c1-c1cc(c(F)c(C(F)(F)F)c1)[C@H](CC(=O)O)NC(=O)[C@@H](n1cc(CCN3CCC3)c(C(F)(F)F)cc1=O)c1ccn(n1)C2. The standard InChI is InChI=1S/C34H30F7N5O4/c1-18-4-2-5-20-16-45-11-7-25(43-45)31(46-17-19(6-10-44-8-3-9-44)23(14-27(46)47)33(36,37)38)32(50)42-26(15-28(48)49)22-12-21(29(18)20)13-24(30(22)35)34(39,40)41/h2,4-5,7,11-14,17,26,31H,3,6,8-10,15-16H2,1H3,(H,42,50)(H,48,49)/t26-,31-/m0/s1. The molecule has 1 amide bonds. The maximum Gasteiger partial charge on any atom is 0.419 e. The van der Waals surface area contributed by atoms with E-state index in [2.05, 4.69) is 10.4 Å². The minimum atomic E-state index is -5.22. The van der Waals surface area contributed by atoms with Gasteiger partial charge in [0.15, 0.2) is 6.04 Å². The molecule has 2 aromatic heterocycles. The first kappa shape index (κ1) is 34.9. The average molecular weight is 706 g/mol. The predicted molar refractivity (Wildman–Crippen MR) is 165 cm³/mol. The van der Waals surface area contributed by atoms with Gasteiger partial charge in [-0.1, -0.05) is 18.2 Å². The summed E-state index contributed by atoms with van der Waals surface area (Å²) in [6, 6.07) is 4.53. The fourth-order valence-electron chi connectivity index (χ4n) is 6.52. The van der Waals surface area contributed by atoms with Crippen LogP contribution in [0, 0.1) is 12.7 Å². The van der Waals surface area contributed by atoms with E-state index in [0.29, 0.717) is 41.9 Å². The number of aliphatic carboxylic acids is 1. The van der Waals surface area contributed by atoms with E-state index >= 15 is 4.39 Å². The van der Waals surface area contributed by atoms with E-state index < -0.39 is 70.8 Å². The summed E-state index contributed by atoms with van der Waals surface area (Å²) in [4.78, 5) is 41.5. The van der Waals surface area contributed by atoms with Crippen molar-refractivity contribution in [2.24, 2.45) is 0 Å². The van der Waals surface area contributed by atoms with E-state index in [1.165, 1.54) is 16.9 Å². The number of carbonyl (C=O) groups is 2. The molecular formula is C34H30F7N5O4. The number of hydrogen-bond donors (Lipinski definition) is 2. The van der Waals surface area contributed by atoms with Gasteiger partial charge in [0.2, 0.25) is 5.91 Å². The Morgan fingerprint density at radius 1 is 1.02 bits per heavy atom. The number of amides is 1. The first-order chi connectivity index (χ1) is 23.5. The maximum absolute atomic E-state index is 15.9. The zero-order valence-corrected chi connectivity index (χ0v) is 26.4. The Labute approximate surface area is 279 Å². The zero-order chi connectivity index (χ0) is 36.1.